The van der Waals surface area contributed by atoms with Gasteiger partial charge in [-0.2, -0.15) is 0 Å². The van der Waals surface area contributed by atoms with E-state index in [2.05, 4.69) is 10.5 Å². The van der Waals surface area contributed by atoms with Crippen molar-refractivity contribution in [2.45, 2.75) is 6.92 Å². The van der Waals surface area contributed by atoms with E-state index in [1.165, 1.54) is 6.07 Å². The first-order valence-corrected chi connectivity index (χ1v) is 5.21. The summed E-state index contributed by atoms with van der Waals surface area (Å²) in [5.41, 5.74) is 0. The Balaban J connectivity index is 1.87. The second-order valence-corrected chi connectivity index (χ2v) is 3.79. The van der Waals surface area contributed by atoms with Gasteiger partial charge in [0.25, 0.3) is 11.8 Å². The molecule has 1 aromatic rings. The van der Waals surface area contributed by atoms with Crippen LogP contribution in [-0.4, -0.2) is 47.5 Å². The Morgan fingerprint density at radius 1 is 1.50 bits per heavy atom. The highest BCUT2D eigenvalue weighted by atomic mass is 16.5. The minimum absolute atomic E-state index is 0.147. The molecule has 0 saturated carbocycles. The standard InChI is InChI=1S/C10H11N3O5/c1-6-2-9(12-18-6)17-5-10(16)13-3-7(14)11-8(15)4-13/h2H,3-5H2,1H3,(H,11,14,15). The lowest BCUT2D eigenvalue weighted by Crippen LogP contribution is -2.54. The Labute approximate surface area is 102 Å². The van der Waals surface area contributed by atoms with Crippen LogP contribution >= 0.6 is 0 Å². The van der Waals surface area contributed by atoms with Crippen molar-refractivity contribution in [2.75, 3.05) is 19.7 Å². The van der Waals surface area contributed by atoms with Gasteiger partial charge in [0.1, 0.15) is 18.8 Å². The number of rotatable bonds is 3. The van der Waals surface area contributed by atoms with E-state index in [0.717, 1.165) is 4.90 Å². The Bertz CT molecular complexity index is 479. The highest BCUT2D eigenvalue weighted by Crippen LogP contribution is 2.09. The van der Waals surface area contributed by atoms with Crippen molar-refractivity contribution in [3.05, 3.63) is 11.8 Å². The van der Waals surface area contributed by atoms with Crippen molar-refractivity contribution in [3.63, 3.8) is 0 Å². The summed E-state index contributed by atoms with van der Waals surface area (Å²) in [4.78, 5) is 34.9. The van der Waals surface area contributed by atoms with E-state index < -0.39 is 17.7 Å². The quantitative estimate of drug-likeness (QED) is 0.682. The number of hydrogen-bond acceptors (Lipinski definition) is 6. The monoisotopic (exact) mass is 253 g/mol. The van der Waals surface area contributed by atoms with Crippen molar-refractivity contribution in [3.8, 4) is 5.88 Å². The van der Waals surface area contributed by atoms with E-state index in [4.69, 9.17) is 9.26 Å². The molecule has 18 heavy (non-hydrogen) atoms. The fraction of sp³-hybridized carbons (Fsp3) is 0.400. The average molecular weight is 253 g/mol. The van der Waals surface area contributed by atoms with Crippen LogP contribution < -0.4 is 10.1 Å². The van der Waals surface area contributed by atoms with Gasteiger partial charge in [0.2, 0.25) is 11.8 Å². The molecule has 0 bridgehead atoms. The number of piperazine rings is 1. The van der Waals surface area contributed by atoms with Crippen LogP contribution in [0.4, 0.5) is 0 Å². The Kier molecular flexibility index (Phi) is 3.26. The summed E-state index contributed by atoms with van der Waals surface area (Å²) in [6.45, 7) is 1.10. The largest absolute Gasteiger partial charge is 0.465 e. The van der Waals surface area contributed by atoms with Crippen molar-refractivity contribution >= 4 is 17.7 Å². The third kappa shape index (κ3) is 2.84. The number of carbonyl (C=O) groups excluding carboxylic acids is 3. The number of amides is 3. The summed E-state index contributed by atoms with van der Waals surface area (Å²) in [7, 11) is 0. The number of nitrogens with zero attached hydrogens (tertiary/aromatic N) is 2. The van der Waals surface area contributed by atoms with E-state index in [1.54, 1.807) is 6.92 Å². The lowest BCUT2D eigenvalue weighted by molar-refractivity contribution is -0.146. The topological polar surface area (TPSA) is 102 Å². The number of aromatic nitrogens is 1. The Morgan fingerprint density at radius 3 is 2.72 bits per heavy atom. The van der Waals surface area contributed by atoms with Crippen molar-refractivity contribution in [1.82, 2.24) is 15.4 Å². The normalized spacial score (nSPS) is 15.5. The maximum absolute atomic E-state index is 11.7. The van der Waals surface area contributed by atoms with Crippen LogP contribution in [0.15, 0.2) is 10.6 Å². The molecule has 1 aliphatic heterocycles. The van der Waals surface area contributed by atoms with Gasteiger partial charge in [-0.3, -0.25) is 19.7 Å². The number of hydrogen-bond donors (Lipinski definition) is 1. The molecule has 0 spiro atoms. The molecule has 1 fully saturated rings. The summed E-state index contributed by atoms with van der Waals surface area (Å²) in [5.74, 6) is -0.716. The molecule has 2 rings (SSSR count). The summed E-state index contributed by atoms with van der Waals surface area (Å²) < 4.78 is 9.83. The van der Waals surface area contributed by atoms with Crippen LogP contribution in [-0.2, 0) is 14.4 Å². The predicted octanol–water partition coefficient (Wildman–Crippen LogP) is -1.15. The zero-order chi connectivity index (χ0) is 13.1. The lowest BCUT2D eigenvalue weighted by atomic mass is 10.3. The molecule has 1 aromatic heterocycles. The zero-order valence-electron chi connectivity index (χ0n) is 9.63. The molecular formula is C10H11N3O5. The Morgan fingerprint density at radius 2 is 2.17 bits per heavy atom. The van der Waals surface area contributed by atoms with E-state index in [-0.39, 0.29) is 25.6 Å². The van der Waals surface area contributed by atoms with E-state index in [1.807, 2.05) is 0 Å². The molecular weight excluding hydrogens is 242 g/mol. The van der Waals surface area contributed by atoms with Crippen LogP contribution in [0.3, 0.4) is 0 Å². The maximum atomic E-state index is 11.7. The molecule has 0 aromatic carbocycles. The van der Waals surface area contributed by atoms with Crippen LogP contribution in [0.2, 0.25) is 0 Å². The third-order valence-electron chi connectivity index (χ3n) is 2.25. The first-order valence-electron chi connectivity index (χ1n) is 5.21. The average Bonchev–Trinajstić information content (AvgIpc) is 2.70. The van der Waals surface area contributed by atoms with Crippen LogP contribution in [0.5, 0.6) is 5.88 Å². The highest BCUT2D eigenvalue weighted by molar-refractivity contribution is 6.02. The zero-order valence-corrected chi connectivity index (χ0v) is 9.63. The predicted molar refractivity (Wildman–Crippen MR) is 56.5 cm³/mol. The molecule has 1 N–H and O–H groups in total. The molecule has 0 unspecified atom stereocenters. The van der Waals surface area contributed by atoms with Gasteiger partial charge in [-0.1, -0.05) is 0 Å². The first-order chi connectivity index (χ1) is 8.54. The number of nitrogens with one attached hydrogen (secondary N) is 1. The molecule has 3 amide bonds. The lowest BCUT2D eigenvalue weighted by Gasteiger charge is -2.25. The van der Waals surface area contributed by atoms with Crippen molar-refractivity contribution < 1.29 is 23.6 Å². The first kappa shape index (κ1) is 12.1. The molecule has 1 saturated heterocycles. The van der Waals surface area contributed by atoms with Gasteiger partial charge in [0.05, 0.1) is 0 Å². The number of aryl methyl sites for hydroxylation is 1. The number of ether oxygens (including phenoxy) is 1. The van der Waals surface area contributed by atoms with Gasteiger partial charge in [-0.15, -0.1) is 0 Å². The highest BCUT2D eigenvalue weighted by Gasteiger charge is 2.26. The van der Waals surface area contributed by atoms with Crippen molar-refractivity contribution in [1.29, 1.82) is 0 Å². The molecule has 2 heterocycles. The fourth-order valence-corrected chi connectivity index (χ4v) is 1.45. The molecule has 8 nitrogen and oxygen atoms in total. The van der Waals surface area contributed by atoms with Gasteiger partial charge in [0.15, 0.2) is 6.61 Å². The van der Waals surface area contributed by atoms with Crippen LogP contribution in [0, 0.1) is 6.92 Å². The van der Waals surface area contributed by atoms with Gasteiger partial charge in [-0.05, 0) is 12.1 Å². The maximum Gasteiger partial charge on any atom is 0.261 e. The summed E-state index contributed by atoms with van der Waals surface area (Å²) in [6.07, 6.45) is 0. The third-order valence-corrected chi connectivity index (χ3v) is 2.25. The van der Waals surface area contributed by atoms with Crippen LogP contribution in [0.25, 0.3) is 0 Å². The van der Waals surface area contributed by atoms with Gasteiger partial charge >= 0.3 is 0 Å². The van der Waals surface area contributed by atoms with E-state index >= 15 is 0 Å². The molecule has 0 atom stereocenters. The van der Waals surface area contributed by atoms with Gasteiger partial charge in [-0.25, -0.2) is 0 Å². The van der Waals surface area contributed by atoms with Gasteiger partial charge < -0.3 is 14.2 Å². The molecule has 0 aliphatic carbocycles. The van der Waals surface area contributed by atoms with Gasteiger partial charge in [0, 0.05) is 6.07 Å². The smallest absolute Gasteiger partial charge is 0.261 e. The minimum Gasteiger partial charge on any atom is -0.465 e. The molecule has 96 valence electrons. The fourth-order valence-electron chi connectivity index (χ4n) is 1.45. The second kappa shape index (κ2) is 4.86. The molecule has 8 heteroatoms. The Hall–Kier alpha value is -2.38. The summed E-state index contributed by atoms with van der Waals surface area (Å²) >= 11 is 0. The minimum atomic E-state index is -0.503. The van der Waals surface area contributed by atoms with E-state index in [9.17, 15) is 14.4 Å². The van der Waals surface area contributed by atoms with Crippen molar-refractivity contribution in [2.24, 2.45) is 0 Å². The SMILES string of the molecule is Cc1cc(OCC(=O)N2CC(=O)NC(=O)C2)no1. The molecule has 1 aliphatic rings. The molecule has 0 radical (unpaired) electrons. The summed E-state index contributed by atoms with van der Waals surface area (Å²) in [5, 5.41) is 5.65. The number of carbonyl (C=O) groups is 3. The summed E-state index contributed by atoms with van der Waals surface area (Å²) in [6, 6.07) is 1.53. The van der Waals surface area contributed by atoms with Crippen LogP contribution in [0.1, 0.15) is 5.76 Å². The second-order valence-electron chi connectivity index (χ2n) is 3.79. The number of imide groups is 1. The van der Waals surface area contributed by atoms with E-state index in [0.29, 0.717) is 5.76 Å².